The van der Waals surface area contributed by atoms with Crippen molar-refractivity contribution in [3.8, 4) is 0 Å². The second-order valence-electron chi connectivity index (χ2n) is 6.82. The lowest BCUT2D eigenvalue weighted by Gasteiger charge is -2.38. The number of carboxylic acids is 1. The number of carbonyl (C=O) groups excluding carboxylic acids is 2. The minimum atomic E-state index is -0.832. The molecule has 1 saturated heterocycles. The Bertz CT molecular complexity index is 428. The Morgan fingerprint density at radius 1 is 1.09 bits per heavy atom. The largest absolute Gasteiger partial charge is 0.481 e. The molecule has 0 aromatic carbocycles. The molecule has 6 heteroatoms. The number of carbonyl (C=O) groups is 3. The van der Waals surface area contributed by atoms with Gasteiger partial charge in [-0.3, -0.25) is 14.4 Å². The highest BCUT2D eigenvalue weighted by Crippen LogP contribution is 2.23. The molecule has 0 aromatic heterocycles. The van der Waals surface area contributed by atoms with Crippen LogP contribution in [0.2, 0.25) is 0 Å². The Morgan fingerprint density at radius 2 is 1.65 bits per heavy atom. The number of hydrogen-bond acceptors (Lipinski definition) is 3. The van der Waals surface area contributed by atoms with E-state index in [-0.39, 0.29) is 18.2 Å². The summed E-state index contributed by atoms with van der Waals surface area (Å²) in [7, 11) is 0. The van der Waals surface area contributed by atoms with Crippen LogP contribution in [-0.2, 0) is 14.4 Å². The van der Waals surface area contributed by atoms with E-state index in [0.29, 0.717) is 32.2 Å². The minimum absolute atomic E-state index is 0.00268. The van der Waals surface area contributed by atoms with E-state index in [1.165, 1.54) is 0 Å². The Kier molecular flexibility index (Phi) is 7.52. The Labute approximate surface area is 138 Å². The van der Waals surface area contributed by atoms with Gasteiger partial charge in [0.15, 0.2) is 0 Å². The van der Waals surface area contributed by atoms with Gasteiger partial charge < -0.3 is 14.9 Å². The average molecular weight is 326 g/mol. The molecule has 1 rings (SSSR count). The highest BCUT2D eigenvalue weighted by molar-refractivity contribution is 5.81. The molecule has 0 radical (unpaired) electrons. The van der Waals surface area contributed by atoms with E-state index in [4.69, 9.17) is 5.11 Å². The van der Waals surface area contributed by atoms with Gasteiger partial charge in [0.1, 0.15) is 0 Å². The first kappa shape index (κ1) is 19.5. The summed E-state index contributed by atoms with van der Waals surface area (Å²) in [6, 6.07) is 0. The molecule has 132 valence electrons. The van der Waals surface area contributed by atoms with Crippen molar-refractivity contribution >= 4 is 17.8 Å². The number of nitrogens with zero attached hydrogens (tertiary/aromatic N) is 2. The topological polar surface area (TPSA) is 77.9 Å². The van der Waals surface area contributed by atoms with Crippen molar-refractivity contribution in [1.82, 2.24) is 9.80 Å². The number of hydrogen-bond donors (Lipinski definition) is 1. The van der Waals surface area contributed by atoms with E-state index in [1.54, 1.807) is 4.90 Å². The van der Waals surface area contributed by atoms with E-state index in [1.807, 2.05) is 25.7 Å². The van der Waals surface area contributed by atoms with Crippen molar-refractivity contribution in [2.24, 2.45) is 0 Å². The Balaban J connectivity index is 2.53. The predicted octanol–water partition coefficient (Wildman–Crippen LogP) is 2.27. The van der Waals surface area contributed by atoms with Gasteiger partial charge >= 0.3 is 5.97 Å². The van der Waals surface area contributed by atoms with Crippen LogP contribution in [0.1, 0.15) is 65.7 Å². The second-order valence-corrected chi connectivity index (χ2v) is 6.82. The van der Waals surface area contributed by atoms with Crippen molar-refractivity contribution in [3.63, 3.8) is 0 Å². The molecule has 0 spiro atoms. The summed E-state index contributed by atoms with van der Waals surface area (Å²) in [5, 5.41) is 8.63. The summed E-state index contributed by atoms with van der Waals surface area (Å²) >= 11 is 0. The molecular formula is C17H30N2O4. The molecule has 2 amide bonds. The molecule has 1 aliphatic heterocycles. The maximum absolute atomic E-state index is 12.4. The van der Waals surface area contributed by atoms with Gasteiger partial charge in [-0.15, -0.1) is 0 Å². The van der Waals surface area contributed by atoms with Crippen LogP contribution in [0.3, 0.4) is 0 Å². The third-order valence-electron chi connectivity index (χ3n) is 4.42. The highest BCUT2D eigenvalue weighted by Gasteiger charge is 2.33. The lowest BCUT2D eigenvalue weighted by atomic mass is 9.96. The number of unbranched alkanes of at least 4 members (excludes halogenated alkanes) is 1. The summed E-state index contributed by atoms with van der Waals surface area (Å²) in [6.45, 7) is 7.98. The molecule has 1 fully saturated rings. The second kappa shape index (κ2) is 8.89. The predicted molar refractivity (Wildman–Crippen MR) is 88.0 cm³/mol. The zero-order chi connectivity index (χ0) is 17.5. The van der Waals surface area contributed by atoms with Crippen molar-refractivity contribution in [1.29, 1.82) is 0 Å². The standard InChI is InChI=1S/C17H30N2O4/c1-4-19(14(20)9-5-6-10-16(22)23)17(2,3)13-15(21)18-11-7-8-12-18/h4-13H2,1-3H3,(H,22,23). The fourth-order valence-corrected chi connectivity index (χ4v) is 3.17. The fourth-order valence-electron chi connectivity index (χ4n) is 3.17. The molecule has 0 unspecified atom stereocenters. The molecule has 0 aliphatic carbocycles. The van der Waals surface area contributed by atoms with Crippen molar-refractivity contribution < 1.29 is 19.5 Å². The van der Waals surface area contributed by atoms with Crippen LogP contribution in [0, 0.1) is 0 Å². The highest BCUT2D eigenvalue weighted by atomic mass is 16.4. The molecule has 23 heavy (non-hydrogen) atoms. The van der Waals surface area contributed by atoms with Crippen molar-refractivity contribution in [2.75, 3.05) is 19.6 Å². The van der Waals surface area contributed by atoms with Crippen LogP contribution in [-0.4, -0.2) is 57.9 Å². The summed E-state index contributed by atoms with van der Waals surface area (Å²) in [5.74, 6) is -0.719. The van der Waals surface area contributed by atoms with Gasteiger partial charge in [-0.2, -0.15) is 0 Å². The summed E-state index contributed by atoms with van der Waals surface area (Å²) in [6.07, 6.45) is 3.96. The molecule has 6 nitrogen and oxygen atoms in total. The number of likely N-dealkylation sites (tertiary alicyclic amines) is 1. The third-order valence-corrected chi connectivity index (χ3v) is 4.42. The van der Waals surface area contributed by atoms with Gasteiger partial charge in [0, 0.05) is 44.4 Å². The van der Waals surface area contributed by atoms with Gasteiger partial charge in [0.25, 0.3) is 0 Å². The molecule has 0 saturated carbocycles. The van der Waals surface area contributed by atoms with Crippen LogP contribution in [0.25, 0.3) is 0 Å². The van der Waals surface area contributed by atoms with E-state index in [0.717, 1.165) is 25.9 Å². The van der Waals surface area contributed by atoms with E-state index < -0.39 is 11.5 Å². The average Bonchev–Trinajstić information content (AvgIpc) is 2.97. The van der Waals surface area contributed by atoms with Gasteiger partial charge in [-0.25, -0.2) is 0 Å². The monoisotopic (exact) mass is 326 g/mol. The van der Waals surface area contributed by atoms with Gasteiger partial charge in [0.05, 0.1) is 0 Å². The van der Waals surface area contributed by atoms with Gasteiger partial charge in [-0.05, 0) is 46.5 Å². The smallest absolute Gasteiger partial charge is 0.303 e. The summed E-state index contributed by atoms with van der Waals surface area (Å²) in [4.78, 5) is 38.9. The summed E-state index contributed by atoms with van der Waals surface area (Å²) < 4.78 is 0. The number of aliphatic carboxylic acids is 1. The van der Waals surface area contributed by atoms with Crippen LogP contribution in [0.4, 0.5) is 0 Å². The number of amides is 2. The van der Waals surface area contributed by atoms with Crippen LogP contribution >= 0.6 is 0 Å². The molecule has 0 atom stereocenters. The third kappa shape index (κ3) is 6.20. The van der Waals surface area contributed by atoms with E-state index in [2.05, 4.69) is 0 Å². The van der Waals surface area contributed by atoms with Gasteiger partial charge in [-0.1, -0.05) is 0 Å². The first-order valence-corrected chi connectivity index (χ1v) is 8.58. The van der Waals surface area contributed by atoms with Crippen LogP contribution in [0.5, 0.6) is 0 Å². The summed E-state index contributed by atoms with van der Waals surface area (Å²) in [5.41, 5.74) is -0.516. The SMILES string of the molecule is CCN(C(=O)CCCCC(=O)O)C(C)(C)CC(=O)N1CCCC1. The Morgan fingerprint density at radius 3 is 2.17 bits per heavy atom. The molecule has 0 aromatic rings. The normalized spacial score (nSPS) is 14.8. The zero-order valence-electron chi connectivity index (χ0n) is 14.6. The zero-order valence-corrected chi connectivity index (χ0v) is 14.6. The maximum atomic E-state index is 12.4. The number of carboxylic acid groups (broad SMARTS) is 1. The maximum Gasteiger partial charge on any atom is 0.303 e. The molecule has 1 N–H and O–H groups in total. The van der Waals surface area contributed by atoms with Crippen molar-refractivity contribution in [3.05, 3.63) is 0 Å². The molecule has 1 heterocycles. The minimum Gasteiger partial charge on any atom is -0.481 e. The van der Waals surface area contributed by atoms with Crippen molar-refractivity contribution in [2.45, 2.75) is 71.3 Å². The first-order chi connectivity index (χ1) is 10.8. The fraction of sp³-hybridized carbons (Fsp3) is 0.824. The van der Waals surface area contributed by atoms with Crippen LogP contribution < -0.4 is 0 Å². The van der Waals surface area contributed by atoms with Gasteiger partial charge in [0.2, 0.25) is 11.8 Å². The first-order valence-electron chi connectivity index (χ1n) is 8.58. The molecular weight excluding hydrogens is 296 g/mol. The van der Waals surface area contributed by atoms with E-state index in [9.17, 15) is 14.4 Å². The Hall–Kier alpha value is -1.59. The van der Waals surface area contributed by atoms with Crippen LogP contribution in [0.15, 0.2) is 0 Å². The molecule has 0 bridgehead atoms. The molecule has 1 aliphatic rings. The lowest BCUT2D eigenvalue weighted by molar-refractivity contribution is -0.141. The number of rotatable bonds is 9. The van der Waals surface area contributed by atoms with E-state index >= 15 is 0 Å². The quantitative estimate of drug-likeness (QED) is 0.659. The lowest BCUT2D eigenvalue weighted by Crippen LogP contribution is -2.50.